The van der Waals surface area contributed by atoms with Gasteiger partial charge in [-0.25, -0.2) is 8.42 Å². The molecule has 2 aromatic carbocycles. The lowest BCUT2D eigenvalue weighted by Crippen LogP contribution is -2.47. The average molecular weight is 402 g/mol. The number of hydrogen-bond acceptors (Lipinski definition) is 4. The van der Waals surface area contributed by atoms with Crippen LogP contribution >= 0.6 is 0 Å². The summed E-state index contributed by atoms with van der Waals surface area (Å²) in [6.07, 6.45) is 0. The molecule has 0 unspecified atom stereocenters. The summed E-state index contributed by atoms with van der Waals surface area (Å²) >= 11 is 0. The highest BCUT2D eigenvalue weighted by Gasteiger charge is 2.28. The first-order valence-electron chi connectivity index (χ1n) is 9.41. The standard InChI is InChI=1S/C21H27N3O3S/c1-16-6-4-5-7-18(16)15-22-21(25)20-14-19(9-8-17(20)2)28(26,27)24-12-10-23(3)11-13-24/h4-9,14H,10-13,15H2,1-3H3,(H,22,25). The van der Waals surface area contributed by atoms with Gasteiger partial charge in [0.2, 0.25) is 10.0 Å². The van der Waals surface area contributed by atoms with E-state index in [2.05, 4.69) is 10.2 Å². The van der Waals surface area contributed by atoms with E-state index in [1.807, 2.05) is 45.2 Å². The van der Waals surface area contributed by atoms with Crippen LogP contribution in [0, 0.1) is 13.8 Å². The van der Waals surface area contributed by atoms with Gasteiger partial charge < -0.3 is 10.2 Å². The molecule has 6 nitrogen and oxygen atoms in total. The molecule has 2 aromatic rings. The summed E-state index contributed by atoms with van der Waals surface area (Å²) in [4.78, 5) is 15.0. The average Bonchev–Trinajstić information content (AvgIpc) is 2.67. The minimum atomic E-state index is -3.61. The summed E-state index contributed by atoms with van der Waals surface area (Å²) in [7, 11) is -1.63. The second-order valence-electron chi connectivity index (χ2n) is 7.29. The highest BCUT2D eigenvalue weighted by Crippen LogP contribution is 2.21. The van der Waals surface area contributed by atoms with Gasteiger partial charge in [0.1, 0.15) is 0 Å². The van der Waals surface area contributed by atoms with Crippen molar-refractivity contribution in [3.8, 4) is 0 Å². The maximum Gasteiger partial charge on any atom is 0.251 e. The number of rotatable bonds is 5. The number of nitrogens with one attached hydrogen (secondary N) is 1. The quantitative estimate of drug-likeness (QED) is 0.834. The molecule has 1 saturated heterocycles. The van der Waals surface area contributed by atoms with E-state index in [4.69, 9.17) is 0 Å². The van der Waals surface area contributed by atoms with E-state index >= 15 is 0 Å². The van der Waals surface area contributed by atoms with Crippen molar-refractivity contribution in [2.45, 2.75) is 25.3 Å². The maximum absolute atomic E-state index is 13.0. The number of carbonyl (C=O) groups is 1. The molecule has 0 atom stereocenters. The summed E-state index contributed by atoms with van der Waals surface area (Å²) in [5.74, 6) is -0.267. The number of likely N-dealkylation sites (N-methyl/N-ethyl adjacent to an activating group) is 1. The van der Waals surface area contributed by atoms with E-state index in [9.17, 15) is 13.2 Å². The highest BCUT2D eigenvalue weighted by atomic mass is 32.2. The molecule has 1 aliphatic rings. The fraction of sp³-hybridized carbons (Fsp3) is 0.381. The molecule has 150 valence electrons. The first-order valence-corrected chi connectivity index (χ1v) is 10.8. The van der Waals surface area contributed by atoms with Gasteiger partial charge in [0.05, 0.1) is 4.90 Å². The number of amides is 1. The minimum Gasteiger partial charge on any atom is -0.348 e. The lowest BCUT2D eigenvalue weighted by Gasteiger charge is -2.31. The van der Waals surface area contributed by atoms with Crippen molar-refractivity contribution in [3.05, 3.63) is 64.7 Å². The van der Waals surface area contributed by atoms with Crippen LogP contribution < -0.4 is 5.32 Å². The first-order chi connectivity index (χ1) is 13.3. The van der Waals surface area contributed by atoms with Crippen LogP contribution in [0.3, 0.4) is 0 Å². The Morgan fingerprint density at radius 3 is 2.36 bits per heavy atom. The molecule has 0 aromatic heterocycles. The van der Waals surface area contributed by atoms with Crippen molar-refractivity contribution < 1.29 is 13.2 Å². The van der Waals surface area contributed by atoms with Crippen LogP contribution in [-0.2, 0) is 16.6 Å². The lowest BCUT2D eigenvalue weighted by molar-refractivity contribution is 0.0950. The summed E-state index contributed by atoms with van der Waals surface area (Å²) < 4.78 is 27.5. The Hall–Kier alpha value is -2.22. The van der Waals surface area contributed by atoms with Gasteiger partial charge in [-0.3, -0.25) is 4.79 Å². The second-order valence-corrected chi connectivity index (χ2v) is 9.23. The van der Waals surface area contributed by atoms with Crippen LogP contribution in [0.1, 0.15) is 27.0 Å². The summed E-state index contributed by atoms with van der Waals surface area (Å²) in [5, 5.41) is 2.91. The van der Waals surface area contributed by atoms with Crippen molar-refractivity contribution in [2.24, 2.45) is 0 Å². The molecule has 7 heteroatoms. The van der Waals surface area contributed by atoms with Crippen LogP contribution in [-0.4, -0.2) is 56.8 Å². The molecule has 1 amide bonds. The Bertz CT molecular complexity index is 965. The number of sulfonamides is 1. The predicted octanol–water partition coefficient (Wildman–Crippen LogP) is 2.17. The number of piperazine rings is 1. The zero-order valence-electron chi connectivity index (χ0n) is 16.6. The van der Waals surface area contributed by atoms with Gasteiger partial charge in [0, 0.05) is 38.3 Å². The number of carbonyl (C=O) groups excluding carboxylic acids is 1. The van der Waals surface area contributed by atoms with Crippen molar-refractivity contribution >= 4 is 15.9 Å². The number of nitrogens with zero attached hydrogens (tertiary/aromatic N) is 2. The Balaban J connectivity index is 1.79. The molecule has 0 bridgehead atoms. The first kappa shape index (κ1) is 20.5. The fourth-order valence-electron chi connectivity index (χ4n) is 3.26. The van der Waals surface area contributed by atoms with Crippen LogP contribution in [0.5, 0.6) is 0 Å². The van der Waals surface area contributed by atoms with Gasteiger partial charge >= 0.3 is 0 Å². The SMILES string of the molecule is Cc1ccccc1CNC(=O)c1cc(S(=O)(=O)N2CCN(C)CC2)ccc1C. The van der Waals surface area contributed by atoms with Gasteiger partial charge in [-0.05, 0) is 49.7 Å². The van der Waals surface area contributed by atoms with Gasteiger partial charge in [-0.2, -0.15) is 4.31 Å². The van der Waals surface area contributed by atoms with E-state index in [0.29, 0.717) is 38.3 Å². The zero-order valence-corrected chi connectivity index (χ0v) is 17.4. The zero-order chi connectivity index (χ0) is 20.3. The molecule has 1 heterocycles. The molecule has 3 rings (SSSR count). The van der Waals surface area contributed by atoms with Crippen LogP contribution in [0.4, 0.5) is 0 Å². The number of hydrogen-bond donors (Lipinski definition) is 1. The fourth-order valence-corrected chi connectivity index (χ4v) is 4.71. The van der Waals surface area contributed by atoms with E-state index < -0.39 is 10.0 Å². The Labute approximate surface area is 167 Å². The molecule has 0 saturated carbocycles. The molecule has 1 aliphatic heterocycles. The van der Waals surface area contributed by atoms with Gasteiger partial charge in [0.15, 0.2) is 0 Å². The monoisotopic (exact) mass is 401 g/mol. The van der Waals surface area contributed by atoms with Gasteiger partial charge in [-0.15, -0.1) is 0 Å². The minimum absolute atomic E-state index is 0.170. The molecule has 1 N–H and O–H groups in total. The largest absolute Gasteiger partial charge is 0.348 e. The highest BCUT2D eigenvalue weighted by molar-refractivity contribution is 7.89. The van der Waals surface area contributed by atoms with Crippen molar-refractivity contribution in [2.75, 3.05) is 33.2 Å². The van der Waals surface area contributed by atoms with Crippen molar-refractivity contribution in [1.82, 2.24) is 14.5 Å². The smallest absolute Gasteiger partial charge is 0.251 e. The summed E-state index contributed by atoms with van der Waals surface area (Å²) in [6, 6.07) is 12.6. The van der Waals surface area contributed by atoms with Crippen LogP contribution in [0.15, 0.2) is 47.4 Å². The summed E-state index contributed by atoms with van der Waals surface area (Å²) in [6.45, 7) is 6.54. The maximum atomic E-state index is 13.0. The Morgan fingerprint density at radius 2 is 1.68 bits per heavy atom. The second kappa shape index (κ2) is 8.43. The predicted molar refractivity (Wildman–Crippen MR) is 110 cm³/mol. The van der Waals surface area contributed by atoms with Gasteiger partial charge in [0.25, 0.3) is 5.91 Å². The number of benzene rings is 2. The molecular formula is C21H27N3O3S. The molecule has 0 aliphatic carbocycles. The van der Waals surface area contributed by atoms with Crippen molar-refractivity contribution in [1.29, 1.82) is 0 Å². The Kier molecular flexibility index (Phi) is 6.17. The molecule has 1 fully saturated rings. The van der Waals surface area contributed by atoms with E-state index in [-0.39, 0.29) is 10.8 Å². The lowest BCUT2D eigenvalue weighted by atomic mass is 10.1. The van der Waals surface area contributed by atoms with Gasteiger partial charge in [-0.1, -0.05) is 30.3 Å². The normalized spacial score (nSPS) is 16.1. The van der Waals surface area contributed by atoms with E-state index in [1.54, 1.807) is 12.1 Å². The third-order valence-corrected chi connectivity index (χ3v) is 7.15. The van der Waals surface area contributed by atoms with E-state index in [0.717, 1.165) is 16.7 Å². The molecule has 0 spiro atoms. The van der Waals surface area contributed by atoms with Crippen LogP contribution in [0.25, 0.3) is 0 Å². The topological polar surface area (TPSA) is 69.7 Å². The third-order valence-electron chi connectivity index (χ3n) is 5.25. The summed E-state index contributed by atoms with van der Waals surface area (Å²) in [5.41, 5.74) is 3.28. The third kappa shape index (κ3) is 4.43. The molecular weight excluding hydrogens is 374 g/mol. The number of aryl methyl sites for hydroxylation is 2. The van der Waals surface area contributed by atoms with Crippen LogP contribution in [0.2, 0.25) is 0 Å². The Morgan fingerprint density at radius 1 is 1.00 bits per heavy atom. The van der Waals surface area contributed by atoms with E-state index in [1.165, 1.54) is 10.4 Å². The molecule has 28 heavy (non-hydrogen) atoms. The molecule has 0 radical (unpaired) electrons. The van der Waals surface area contributed by atoms with Crippen molar-refractivity contribution in [3.63, 3.8) is 0 Å².